The molecule has 0 atom stereocenters. The highest BCUT2D eigenvalue weighted by Crippen LogP contribution is 2.19. The highest BCUT2D eigenvalue weighted by atomic mass is 127. The van der Waals surface area contributed by atoms with Crippen LogP contribution in [0.1, 0.15) is 29.2 Å². The number of aliphatic hydroxyl groups excluding tert-OH is 1. The van der Waals surface area contributed by atoms with Gasteiger partial charge in [-0.15, -0.1) is 24.0 Å². The van der Waals surface area contributed by atoms with Crippen molar-refractivity contribution >= 4 is 29.9 Å². The minimum Gasteiger partial charge on any atom is -0.496 e. The molecule has 0 bridgehead atoms. The van der Waals surface area contributed by atoms with E-state index in [1.807, 2.05) is 38.1 Å². The van der Waals surface area contributed by atoms with Gasteiger partial charge >= 0.3 is 0 Å². The van der Waals surface area contributed by atoms with Crippen LogP contribution in [0.15, 0.2) is 47.5 Å². The monoisotopic (exact) mass is 483 g/mol. The van der Waals surface area contributed by atoms with Gasteiger partial charge in [0.1, 0.15) is 5.75 Å². The van der Waals surface area contributed by atoms with Crippen LogP contribution >= 0.6 is 24.0 Å². The second-order valence-corrected chi connectivity index (χ2v) is 6.10. The Morgan fingerprint density at radius 3 is 2.52 bits per heavy atom. The van der Waals surface area contributed by atoms with E-state index >= 15 is 0 Å². The fraction of sp³-hybridized carbons (Fsp3) is 0.381. The van der Waals surface area contributed by atoms with Crippen LogP contribution < -0.4 is 15.4 Å². The Balaban J connectivity index is 0.00000364. The van der Waals surface area contributed by atoms with Crippen LogP contribution in [-0.2, 0) is 19.6 Å². The van der Waals surface area contributed by atoms with Crippen LogP contribution in [0.4, 0.5) is 0 Å². The first-order valence-corrected chi connectivity index (χ1v) is 9.01. The standard InChI is InChI=1S/C21H29N3O2.HI/c1-4-22-21(24-14-18-7-5-6-8-19(18)15-25)23-12-11-17-10-9-16(2)20(13-17)26-3;/h5-10,13,25H,4,11-12,14-15H2,1-3H3,(H2,22,23,24);1H. The Bertz CT molecular complexity index is 735. The summed E-state index contributed by atoms with van der Waals surface area (Å²) in [6, 6.07) is 14.1. The SMILES string of the molecule is CCNC(=NCc1ccccc1CO)NCCc1ccc(C)c(OC)c1.I. The molecule has 0 saturated carbocycles. The number of aryl methyl sites for hydroxylation is 1. The largest absolute Gasteiger partial charge is 0.496 e. The summed E-state index contributed by atoms with van der Waals surface area (Å²) in [4.78, 5) is 4.63. The molecule has 0 amide bonds. The molecule has 0 aliphatic heterocycles. The molecule has 0 radical (unpaired) electrons. The molecule has 2 aromatic rings. The van der Waals surface area contributed by atoms with Crippen molar-refractivity contribution in [3.8, 4) is 5.75 Å². The van der Waals surface area contributed by atoms with Crippen LogP contribution in [0.5, 0.6) is 5.75 Å². The lowest BCUT2D eigenvalue weighted by molar-refractivity contribution is 0.280. The van der Waals surface area contributed by atoms with E-state index in [1.54, 1.807) is 7.11 Å². The van der Waals surface area contributed by atoms with Crippen molar-refractivity contribution in [1.82, 2.24) is 10.6 Å². The lowest BCUT2D eigenvalue weighted by atomic mass is 10.1. The average molecular weight is 483 g/mol. The van der Waals surface area contributed by atoms with E-state index in [1.165, 1.54) is 5.56 Å². The van der Waals surface area contributed by atoms with Crippen molar-refractivity contribution < 1.29 is 9.84 Å². The molecule has 5 nitrogen and oxygen atoms in total. The summed E-state index contributed by atoms with van der Waals surface area (Å²) in [6.45, 7) is 6.23. The highest BCUT2D eigenvalue weighted by Gasteiger charge is 2.03. The lowest BCUT2D eigenvalue weighted by Gasteiger charge is -2.13. The van der Waals surface area contributed by atoms with Gasteiger partial charge in [0, 0.05) is 13.1 Å². The molecule has 6 heteroatoms. The second-order valence-electron chi connectivity index (χ2n) is 6.10. The zero-order valence-electron chi connectivity index (χ0n) is 16.3. The van der Waals surface area contributed by atoms with E-state index in [9.17, 15) is 5.11 Å². The number of aliphatic imine (C=N–C) groups is 1. The van der Waals surface area contributed by atoms with Crippen LogP contribution in [-0.4, -0.2) is 31.3 Å². The normalized spacial score (nSPS) is 10.9. The van der Waals surface area contributed by atoms with E-state index in [2.05, 4.69) is 33.8 Å². The number of nitrogens with zero attached hydrogens (tertiary/aromatic N) is 1. The van der Waals surface area contributed by atoms with E-state index < -0.39 is 0 Å². The molecule has 27 heavy (non-hydrogen) atoms. The van der Waals surface area contributed by atoms with Crippen molar-refractivity contribution in [3.63, 3.8) is 0 Å². The predicted molar refractivity (Wildman–Crippen MR) is 122 cm³/mol. The first-order valence-electron chi connectivity index (χ1n) is 9.01. The number of rotatable bonds is 8. The first-order chi connectivity index (χ1) is 12.7. The number of nitrogens with one attached hydrogen (secondary N) is 2. The molecule has 0 aliphatic carbocycles. The van der Waals surface area contributed by atoms with Gasteiger partial charge in [-0.3, -0.25) is 0 Å². The van der Waals surface area contributed by atoms with Gasteiger partial charge in [-0.05, 0) is 48.6 Å². The maximum absolute atomic E-state index is 9.43. The number of hydrogen-bond donors (Lipinski definition) is 3. The van der Waals surface area contributed by atoms with Gasteiger partial charge in [-0.1, -0.05) is 36.4 Å². The smallest absolute Gasteiger partial charge is 0.191 e. The molecule has 2 rings (SSSR count). The van der Waals surface area contributed by atoms with E-state index in [0.717, 1.165) is 47.9 Å². The highest BCUT2D eigenvalue weighted by molar-refractivity contribution is 14.0. The number of benzene rings is 2. The van der Waals surface area contributed by atoms with Crippen LogP contribution in [0.3, 0.4) is 0 Å². The summed E-state index contributed by atoms with van der Waals surface area (Å²) < 4.78 is 5.38. The van der Waals surface area contributed by atoms with Gasteiger partial charge in [-0.2, -0.15) is 0 Å². The minimum atomic E-state index is 0. The van der Waals surface area contributed by atoms with Gasteiger partial charge in [-0.25, -0.2) is 4.99 Å². The molecule has 0 saturated heterocycles. The Labute approximate surface area is 179 Å². The lowest BCUT2D eigenvalue weighted by Crippen LogP contribution is -2.38. The molecule has 0 unspecified atom stereocenters. The van der Waals surface area contributed by atoms with Crippen molar-refractivity contribution in [1.29, 1.82) is 0 Å². The molecule has 0 fully saturated rings. The third kappa shape index (κ3) is 7.38. The molecule has 0 heterocycles. The Kier molecular flexibility index (Phi) is 10.8. The van der Waals surface area contributed by atoms with E-state index in [0.29, 0.717) is 6.54 Å². The number of aliphatic hydroxyl groups is 1. The summed E-state index contributed by atoms with van der Waals surface area (Å²) in [7, 11) is 1.70. The Morgan fingerprint density at radius 2 is 1.85 bits per heavy atom. The molecule has 0 aliphatic rings. The summed E-state index contributed by atoms with van der Waals surface area (Å²) in [5.41, 5.74) is 4.32. The zero-order chi connectivity index (χ0) is 18.8. The van der Waals surface area contributed by atoms with Gasteiger partial charge in [0.05, 0.1) is 20.3 Å². The zero-order valence-corrected chi connectivity index (χ0v) is 18.6. The van der Waals surface area contributed by atoms with Gasteiger partial charge in [0.2, 0.25) is 0 Å². The van der Waals surface area contributed by atoms with Crippen LogP contribution in [0, 0.1) is 6.92 Å². The number of guanidine groups is 1. The Morgan fingerprint density at radius 1 is 1.11 bits per heavy atom. The van der Waals surface area contributed by atoms with Gasteiger partial charge in [0.25, 0.3) is 0 Å². The van der Waals surface area contributed by atoms with Gasteiger partial charge in [0.15, 0.2) is 5.96 Å². The van der Waals surface area contributed by atoms with Crippen LogP contribution in [0.25, 0.3) is 0 Å². The summed E-state index contributed by atoms with van der Waals surface area (Å²) in [6.07, 6.45) is 0.883. The van der Waals surface area contributed by atoms with Crippen molar-refractivity contribution in [2.45, 2.75) is 33.4 Å². The number of ether oxygens (including phenoxy) is 1. The molecule has 0 aromatic heterocycles. The predicted octanol–water partition coefficient (Wildman–Crippen LogP) is 3.41. The fourth-order valence-electron chi connectivity index (χ4n) is 2.72. The fourth-order valence-corrected chi connectivity index (χ4v) is 2.72. The van der Waals surface area contributed by atoms with Crippen molar-refractivity contribution in [2.24, 2.45) is 4.99 Å². The van der Waals surface area contributed by atoms with E-state index in [4.69, 9.17) is 4.74 Å². The third-order valence-electron chi connectivity index (χ3n) is 4.22. The third-order valence-corrected chi connectivity index (χ3v) is 4.22. The minimum absolute atomic E-state index is 0. The summed E-state index contributed by atoms with van der Waals surface area (Å²) in [5.74, 6) is 1.70. The second kappa shape index (κ2) is 12.6. The number of hydrogen-bond acceptors (Lipinski definition) is 3. The molecule has 148 valence electrons. The molecule has 3 N–H and O–H groups in total. The Hall–Kier alpha value is -1.80. The first kappa shape index (κ1) is 23.2. The maximum Gasteiger partial charge on any atom is 0.191 e. The topological polar surface area (TPSA) is 65.9 Å². The van der Waals surface area contributed by atoms with Crippen LogP contribution in [0.2, 0.25) is 0 Å². The molecule has 0 spiro atoms. The molecular weight excluding hydrogens is 453 g/mol. The quantitative estimate of drug-likeness (QED) is 0.306. The van der Waals surface area contributed by atoms with E-state index in [-0.39, 0.29) is 30.6 Å². The summed E-state index contributed by atoms with van der Waals surface area (Å²) in [5, 5.41) is 16.1. The van der Waals surface area contributed by atoms with Crippen molar-refractivity contribution in [2.75, 3.05) is 20.2 Å². The number of methoxy groups -OCH3 is 1. The molecule has 2 aromatic carbocycles. The molecular formula is C21H30IN3O2. The average Bonchev–Trinajstić information content (AvgIpc) is 2.67. The van der Waals surface area contributed by atoms with Gasteiger partial charge < -0.3 is 20.5 Å². The maximum atomic E-state index is 9.43. The number of halogens is 1. The summed E-state index contributed by atoms with van der Waals surface area (Å²) >= 11 is 0. The van der Waals surface area contributed by atoms with Crippen molar-refractivity contribution in [3.05, 3.63) is 64.7 Å².